The summed E-state index contributed by atoms with van der Waals surface area (Å²) in [6.07, 6.45) is 1.40. The van der Waals surface area contributed by atoms with E-state index in [1.54, 1.807) is 0 Å². The Morgan fingerprint density at radius 2 is 1.81 bits per heavy atom. The Morgan fingerprint density at radius 3 is 2.56 bits per heavy atom. The Labute approximate surface area is 219 Å². The van der Waals surface area contributed by atoms with Crippen LogP contribution >= 0.6 is 22.9 Å². The molecule has 5 nitrogen and oxygen atoms in total. The fraction of sp³-hybridized carbons (Fsp3) is 0.241. The molecule has 4 aromatic rings. The molecule has 1 amide bonds. The average Bonchev–Trinajstić information content (AvgIpc) is 3.17. The number of nitrogens with one attached hydrogen (secondary N) is 1. The normalized spacial score (nSPS) is 11.0. The third-order valence-corrected chi connectivity index (χ3v) is 7.58. The minimum Gasteiger partial charge on any atom is -0.481 e. The molecule has 0 aliphatic rings. The molecule has 7 heteroatoms. The van der Waals surface area contributed by atoms with Crippen LogP contribution in [0.4, 0.5) is 0 Å². The number of benzene rings is 3. The molecule has 36 heavy (non-hydrogen) atoms. The van der Waals surface area contributed by atoms with E-state index in [0.29, 0.717) is 34.4 Å². The van der Waals surface area contributed by atoms with Gasteiger partial charge in [-0.15, -0.1) is 11.3 Å². The molecule has 1 aromatic heterocycles. The number of ether oxygens (including phenoxy) is 1. The second kappa shape index (κ2) is 11.1. The number of carboxylic acids is 1. The maximum atomic E-state index is 13.0. The van der Waals surface area contributed by atoms with Crippen molar-refractivity contribution < 1.29 is 19.4 Å². The molecule has 0 saturated heterocycles. The summed E-state index contributed by atoms with van der Waals surface area (Å²) in [6.45, 7) is 6.36. The fourth-order valence-corrected chi connectivity index (χ4v) is 5.55. The largest absolute Gasteiger partial charge is 0.481 e. The van der Waals surface area contributed by atoms with Gasteiger partial charge in [-0.3, -0.25) is 9.59 Å². The van der Waals surface area contributed by atoms with Crippen molar-refractivity contribution in [2.45, 2.75) is 46.6 Å². The zero-order valence-corrected chi connectivity index (χ0v) is 22.1. The van der Waals surface area contributed by atoms with E-state index in [1.165, 1.54) is 11.3 Å². The molecule has 0 fully saturated rings. The monoisotopic (exact) mass is 521 g/mol. The van der Waals surface area contributed by atoms with E-state index in [0.717, 1.165) is 44.3 Å². The Kier molecular flexibility index (Phi) is 7.97. The van der Waals surface area contributed by atoms with Crippen LogP contribution < -0.4 is 10.1 Å². The van der Waals surface area contributed by atoms with E-state index < -0.39 is 5.97 Å². The van der Waals surface area contributed by atoms with Crippen LogP contribution in [0.2, 0.25) is 5.02 Å². The SMILES string of the molecule is CCc1cc(Oc2cc(C)cc(CNC(=O)c3sc4ccc(Cl)cc4c3C)c2)ccc1CCC(=O)O. The molecule has 0 aliphatic heterocycles. The van der Waals surface area contributed by atoms with Crippen LogP contribution in [0, 0.1) is 13.8 Å². The summed E-state index contributed by atoms with van der Waals surface area (Å²) in [5.74, 6) is 0.473. The summed E-state index contributed by atoms with van der Waals surface area (Å²) in [7, 11) is 0. The van der Waals surface area contributed by atoms with Gasteiger partial charge in [-0.1, -0.05) is 30.7 Å². The topological polar surface area (TPSA) is 75.6 Å². The minimum absolute atomic E-state index is 0.106. The first-order valence-corrected chi connectivity index (χ1v) is 13.0. The quantitative estimate of drug-likeness (QED) is 0.239. The van der Waals surface area contributed by atoms with Crippen LogP contribution in [0.3, 0.4) is 0 Å². The van der Waals surface area contributed by atoms with Gasteiger partial charge in [0.05, 0.1) is 4.88 Å². The highest BCUT2D eigenvalue weighted by Gasteiger charge is 2.16. The van der Waals surface area contributed by atoms with E-state index in [4.69, 9.17) is 21.4 Å². The molecule has 0 unspecified atom stereocenters. The molecule has 0 atom stereocenters. The first-order valence-electron chi connectivity index (χ1n) is 11.8. The van der Waals surface area contributed by atoms with Gasteiger partial charge >= 0.3 is 5.97 Å². The minimum atomic E-state index is -0.802. The van der Waals surface area contributed by atoms with Gasteiger partial charge in [0.25, 0.3) is 5.91 Å². The number of amides is 1. The third-order valence-electron chi connectivity index (χ3n) is 6.07. The van der Waals surface area contributed by atoms with Gasteiger partial charge < -0.3 is 15.2 Å². The molecule has 2 N–H and O–H groups in total. The van der Waals surface area contributed by atoms with Gasteiger partial charge in [-0.25, -0.2) is 0 Å². The lowest BCUT2D eigenvalue weighted by Gasteiger charge is -2.13. The number of fused-ring (bicyclic) bond motifs is 1. The summed E-state index contributed by atoms with van der Waals surface area (Å²) < 4.78 is 7.18. The summed E-state index contributed by atoms with van der Waals surface area (Å²) in [6, 6.07) is 17.4. The smallest absolute Gasteiger partial charge is 0.303 e. The number of carbonyl (C=O) groups is 2. The van der Waals surface area contributed by atoms with E-state index >= 15 is 0 Å². The Bertz CT molecular complexity index is 1440. The number of rotatable bonds is 9. The van der Waals surface area contributed by atoms with E-state index in [2.05, 4.69) is 5.32 Å². The zero-order chi connectivity index (χ0) is 25.8. The number of thiophene rings is 1. The molecule has 0 radical (unpaired) electrons. The first-order chi connectivity index (χ1) is 17.2. The summed E-state index contributed by atoms with van der Waals surface area (Å²) in [5, 5.41) is 13.7. The van der Waals surface area contributed by atoms with Crippen LogP contribution in [0.15, 0.2) is 54.6 Å². The molecular weight excluding hydrogens is 494 g/mol. The lowest BCUT2D eigenvalue weighted by Crippen LogP contribution is -2.22. The predicted molar refractivity (Wildman–Crippen MR) is 146 cm³/mol. The van der Waals surface area contributed by atoms with Crippen LogP contribution in [0.1, 0.15) is 50.8 Å². The second-order valence-corrected chi connectivity index (χ2v) is 10.3. The first kappa shape index (κ1) is 25.7. The highest BCUT2D eigenvalue weighted by atomic mass is 35.5. The van der Waals surface area contributed by atoms with Gasteiger partial charge in [0.1, 0.15) is 11.5 Å². The Morgan fingerprint density at radius 1 is 1.00 bits per heavy atom. The van der Waals surface area contributed by atoms with E-state index in [-0.39, 0.29) is 12.3 Å². The van der Waals surface area contributed by atoms with E-state index in [1.807, 2.05) is 75.4 Å². The highest BCUT2D eigenvalue weighted by molar-refractivity contribution is 7.21. The van der Waals surface area contributed by atoms with Gasteiger partial charge in [0.2, 0.25) is 0 Å². The Balaban J connectivity index is 1.47. The number of aryl methyl sites for hydroxylation is 4. The number of hydrogen-bond acceptors (Lipinski definition) is 4. The molecule has 3 aromatic carbocycles. The third kappa shape index (κ3) is 6.07. The van der Waals surface area contributed by atoms with Crippen molar-refractivity contribution in [1.29, 1.82) is 0 Å². The molecular formula is C29H28ClNO4S. The summed E-state index contributed by atoms with van der Waals surface area (Å²) in [4.78, 5) is 24.6. The van der Waals surface area contributed by atoms with Crippen molar-refractivity contribution in [3.63, 3.8) is 0 Å². The summed E-state index contributed by atoms with van der Waals surface area (Å²) >= 11 is 7.59. The van der Waals surface area contributed by atoms with Crippen molar-refractivity contribution >= 4 is 44.9 Å². The lowest BCUT2D eigenvalue weighted by molar-refractivity contribution is -0.136. The maximum absolute atomic E-state index is 13.0. The number of aliphatic carboxylic acids is 1. The molecule has 0 bridgehead atoms. The van der Waals surface area contributed by atoms with Gasteiger partial charge in [0.15, 0.2) is 0 Å². The van der Waals surface area contributed by atoms with Crippen molar-refractivity contribution in [2.24, 2.45) is 0 Å². The van der Waals surface area contributed by atoms with Gasteiger partial charge in [-0.2, -0.15) is 0 Å². The van der Waals surface area contributed by atoms with Crippen LogP contribution in [-0.4, -0.2) is 17.0 Å². The molecule has 0 saturated carbocycles. The molecule has 1 heterocycles. The van der Waals surface area contributed by atoms with E-state index in [9.17, 15) is 9.59 Å². The van der Waals surface area contributed by atoms with Crippen molar-refractivity contribution in [3.8, 4) is 11.5 Å². The standard InChI is InChI=1S/C29H28ClNO4S/c1-4-20-14-23(8-5-21(20)6-10-27(32)33)35-24-12-17(2)11-19(13-24)16-31-29(34)28-18(3)25-15-22(30)7-9-26(25)36-28/h5,7-9,11-15H,4,6,10,16H2,1-3H3,(H,31,34)(H,32,33). The fourth-order valence-electron chi connectivity index (χ4n) is 4.27. The molecule has 186 valence electrons. The van der Waals surface area contributed by atoms with Crippen molar-refractivity contribution in [2.75, 3.05) is 0 Å². The van der Waals surface area contributed by atoms with Crippen LogP contribution in [-0.2, 0) is 24.2 Å². The lowest BCUT2D eigenvalue weighted by atomic mass is 10.0. The highest BCUT2D eigenvalue weighted by Crippen LogP contribution is 2.33. The summed E-state index contributed by atoms with van der Waals surface area (Å²) in [5.41, 5.74) is 5.00. The average molecular weight is 522 g/mol. The number of carboxylic acid groups (broad SMARTS) is 1. The van der Waals surface area contributed by atoms with Gasteiger partial charge in [-0.05, 0) is 102 Å². The number of carbonyl (C=O) groups excluding carboxylic acids is 1. The molecule has 0 spiro atoms. The second-order valence-electron chi connectivity index (χ2n) is 8.81. The van der Waals surface area contributed by atoms with Crippen LogP contribution in [0.25, 0.3) is 10.1 Å². The number of halogens is 1. The van der Waals surface area contributed by atoms with Crippen LogP contribution in [0.5, 0.6) is 11.5 Å². The molecule has 4 rings (SSSR count). The zero-order valence-electron chi connectivity index (χ0n) is 20.5. The predicted octanol–water partition coefficient (Wildman–Crippen LogP) is 7.47. The van der Waals surface area contributed by atoms with Gasteiger partial charge in [0, 0.05) is 22.7 Å². The van der Waals surface area contributed by atoms with Crippen molar-refractivity contribution in [1.82, 2.24) is 5.32 Å². The Hall–Kier alpha value is -3.35. The van der Waals surface area contributed by atoms with Crippen molar-refractivity contribution in [3.05, 3.63) is 92.3 Å². The number of hydrogen-bond donors (Lipinski definition) is 2. The maximum Gasteiger partial charge on any atom is 0.303 e. The molecule has 0 aliphatic carbocycles.